The lowest BCUT2D eigenvalue weighted by molar-refractivity contribution is 0.678. The Bertz CT molecular complexity index is 1190. The molecule has 4 aromatic rings. The summed E-state index contributed by atoms with van der Waals surface area (Å²) < 4.78 is 1.54. The molecule has 138 valence electrons. The van der Waals surface area contributed by atoms with Crippen LogP contribution in [0.15, 0.2) is 45.1 Å². The molecular weight excluding hydrogens is 422 g/mol. The number of aryl methyl sites for hydroxylation is 1. The van der Waals surface area contributed by atoms with Crippen molar-refractivity contribution in [3.8, 4) is 11.1 Å². The van der Waals surface area contributed by atoms with Gasteiger partial charge in [0.05, 0.1) is 11.2 Å². The maximum Gasteiger partial charge on any atom is 0.266 e. The van der Waals surface area contributed by atoms with Crippen molar-refractivity contribution in [2.24, 2.45) is 0 Å². The van der Waals surface area contributed by atoms with Gasteiger partial charge in [-0.3, -0.25) is 4.79 Å². The average Bonchev–Trinajstić information content (AvgIpc) is 3.14. The van der Waals surface area contributed by atoms with Crippen molar-refractivity contribution in [1.29, 1.82) is 0 Å². The molecule has 0 radical (unpaired) electrons. The van der Waals surface area contributed by atoms with E-state index in [1.165, 1.54) is 16.9 Å². The minimum absolute atomic E-state index is 0.0538. The van der Waals surface area contributed by atoms with Crippen LogP contribution in [0.3, 0.4) is 0 Å². The molecule has 4 nitrogen and oxygen atoms in total. The summed E-state index contributed by atoms with van der Waals surface area (Å²) in [4.78, 5) is 20.1. The summed E-state index contributed by atoms with van der Waals surface area (Å²) in [5, 5.41) is 7.21. The summed E-state index contributed by atoms with van der Waals surface area (Å²) in [7, 11) is 1.97. The molecule has 6 heteroatoms. The van der Waals surface area contributed by atoms with E-state index in [9.17, 15) is 4.79 Å². The molecule has 1 atom stereocenters. The van der Waals surface area contributed by atoms with Crippen LogP contribution in [0.25, 0.3) is 32.1 Å². The van der Waals surface area contributed by atoms with Crippen LogP contribution in [0.4, 0.5) is 0 Å². The molecule has 0 saturated carbocycles. The average molecular weight is 442 g/mol. The summed E-state index contributed by atoms with van der Waals surface area (Å²) in [6.45, 7) is 5.08. The number of hydrogen-bond donors (Lipinski definition) is 2. The lowest BCUT2D eigenvalue weighted by atomic mass is 9.95. The van der Waals surface area contributed by atoms with Crippen molar-refractivity contribution in [2.75, 3.05) is 13.6 Å². The monoisotopic (exact) mass is 441 g/mol. The van der Waals surface area contributed by atoms with Gasteiger partial charge in [0, 0.05) is 22.9 Å². The van der Waals surface area contributed by atoms with E-state index in [4.69, 9.17) is 0 Å². The number of halogens is 1. The van der Waals surface area contributed by atoms with Gasteiger partial charge in [-0.1, -0.05) is 31.2 Å². The molecule has 0 bridgehead atoms. The molecule has 3 heterocycles. The topological polar surface area (TPSA) is 57.8 Å². The summed E-state index contributed by atoms with van der Waals surface area (Å²) in [5.41, 5.74) is 4.95. The van der Waals surface area contributed by atoms with E-state index in [0.29, 0.717) is 5.92 Å². The minimum Gasteiger partial charge on any atom is -0.319 e. The van der Waals surface area contributed by atoms with Gasteiger partial charge < -0.3 is 10.3 Å². The van der Waals surface area contributed by atoms with Crippen LogP contribution in [-0.4, -0.2) is 23.6 Å². The number of pyridine rings is 2. The van der Waals surface area contributed by atoms with Crippen LogP contribution in [-0.2, 0) is 0 Å². The first-order valence-electron chi connectivity index (χ1n) is 8.85. The van der Waals surface area contributed by atoms with E-state index >= 15 is 0 Å². The van der Waals surface area contributed by atoms with Crippen molar-refractivity contribution < 1.29 is 0 Å². The number of thiophene rings is 1. The number of nitrogens with one attached hydrogen (secondary N) is 2. The second-order valence-electron chi connectivity index (χ2n) is 6.81. The summed E-state index contributed by atoms with van der Waals surface area (Å²) in [5.74, 6) is 0.445. The molecule has 1 unspecified atom stereocenters. The largest absolute Gasteiger partial charge is 0.319 e. The quantitative estimate of drug-likeness (QED) is 0.427. The van der Waals surface area contributed by atoms with Crippen LogP contribution in [0.5, 0.6) is 0 Å². The van der Waals surface area contributed by atoms with Crippen molar-refractivity contribution in [3.05, 3.63) is 61.9 Å². The Morgan fingerprint density at radius 3 is 2.70 bits per heavy atom. The summed E-state index contributed by atoms with van der Waals surface area (Å²) in [6.07, 6.45) is 0. The molecular formula is C21H20BrN3OS. The van der Waals surface area contributed by atoms with Gasteiger partial charge in [0.15, 0.2) is 0 Å². The predicted molar refractivity (Wildman–Crippen MR) is 118 cm³/mol. The zero-order valence-corrected chi connectivity index (χ0v) is 17.8. The molecule has 1 aromatic carbocycles. The number of benzene rings is 1. The second-order valence-corrected chi connectivity index (χ2v) is 8.48. The highest BCUT2D eigenvalue weighted by atomic mass is 79.9. The van der Waals surface area contributed by atoms with Crippen LogP contribution >= 0.6 is 27.3 Å². The van der Waals surface area contributed by atoms with Gasteiger partial charge in [0.25, 0.3) is 5.56 Å². The van der Waals surface area contributed by atoms with Crippen LogP contribution in [0.2, 0.25) is 0 Å². The van der Waals surface area contributed by atoms with Gasteiger partial charge in [-0.2, -0.15) is 0 Å². The van der Waals surface area contributed by atoms with Crippen LogP contribution in [0, 0.1) is 6.92 Å². The van der Waals surface area contributed by atoms with Gasteiger partial charge in [-0.25, -0.2) is 4.98 Å². The third-order valence-electron chi connectivity index (χ3n) is 4.99. The lowest BCUT2D eigenvalue weighted by Gasteiger charge is -2.15. The van der Waals surface area contributed by atoms with Crippen molar-refractivity contribution in [1.82, 2.24) is 15.3 Å². The number of rotatable bonds is 4. The van der Waals surface area contributed by atoms with E-state index in [0.717, 1.165) is 49.0 Å². The standard InChI is InChI=1S/C21H20BrN3OS/c1-11(10-23-3)13-4-6-14(7-5-13)16-17-15-8-9-27-19(15)21(26)25-18(17)12(2)24-20(16)22/h4-9,11,23H,10H2,1-3H3,(H,25,26). The maximum absolute atomic E-state index is 12.4. The number of fused-ring (bicyclic) bond motifs is 3. The van der Waals surface area contributed by atoms with Gasteiger partial charge in [0.1, 0.15) is 9.30 Å². The number of likely N-dealkylation sites (N-methyl/N-ethyl adjacent to an activating group) is 1. The Labute approximate surface area is 169 Å². The normalized spacial score (nSPS) is 12.7. The number of aromatic amines is 1. The van der Waals surface area contributed by atoms with E-state index in [1.807, 2.05) is 25.4 Å². The first-order valence-corrected chi connectivity index (χ1v) is 10.5. The first-order chi connectivity index (χ1) is 13.0. The molecule has 0 aliphatic carbocycles. The van der Waals surface area contributed by atoms with E-state index in [1.54, 1.807) is 0 Å². The number of H-pyrrole nitrogens is 1. The molecule has 27 heavy (non-hydrogen) atoms. The fraction of sp³-hybridized carbons (Fsp3) is 0.238. The zero-order valence-electron chi connectivity index (χ0n) is 15.4. The Kier molecular flexibility index (Phi) is 4.88. The fourth-order valence-corrected chi connectivity index (χ4v) is 5.10. The molecule has 0 aliphatic heterocycles. The van der Waals surface area contributed by atoms with E-state index in [2.05, 4.69) is 62.4 Å². The molecule has 0 fully saturated rings. The van der Waals surface area contributed by atoms with Crippen molar-refractivity contribution in [2.45, 2.75) is 19.8 Å². The molecule has 2 N–H and O–H groups in total. The molecule has 0 saturated heterocycles. The third-order valence-corrected chi connectivity index (χ3v) is 6.48. The highest BCUT2D eigenvalue weighted by Crippen LogP contribution is 2.39. The van der Waals surface area contributed by atoms with Gasteiger partial charge in [-0.15, -0.1) is 11.3 Å². The zero-order chi connectivity index (χ0) is 19.1. The second kappa shape index (κ2) is 7.19. The van der Waals surface area contributed by atoms with E-state index in [-0.39, 0.29) is 5.56 Å². The molecule has 3 aromatic heterocycles. The fourth-order valence-electron chi connectivity index (χ4n) is 3.61. The first kappa shape index (κ1) is 18.3. The Morgan fingerprint density at radius 2 is 2.00 bits per heavy atom. The summed E-state index contributed by atoms with van der Waals surface area (Å²) >= 11 is 5.13. The Morgan fingerprint density at radius 1 is 1.26 bits per heavy atom. The number of aromatic nitrogens is 2. The van der Waals surface area contributed by atoms with Gasteiger partial charge >= 0.3 is 0 Å². The highest BCUT2D eigenvalue weighted by molar-refractivity contribution is 9.10. The molecule has 4 rings (SSSR count). The van der Waals surface area contributed by atoms with Crippen LogP contribution in [0.1, 0.15) is 24.1 Å². The predicted octanol–water partition coefficient (Wildman–Crippen LogP) is 5.20. The van der Waals surface area contributed by atoms with Gasteiger partial charge in [0.2, 0.25) is 0 Å². The number of nitrogens with zero attached hydrogens (tertiary/aromatic N) is 1. The molecule has 0 amide bonds. The lowest BCUT2D eigenvalue weighted by Crippen LogP contribution is -2.14. The minimum atomic E-state index is -0.0538. The molecule has 0 spiro atoms. The molecule has 0 aliphatic rings. The smallest absolute Gasteiger partial charge is 0.266 e. The highest BCUT2D eigenvalue weighted by Gasteiger charge is 2.18. The Hall–Kier alpha value is -2.02. The van der Waals surface area contributed by atoms with Crippen LogP contribution < -0.4 is 10.9 Å². The Balaban J connectivity index is 1.99. The maximum atomic E-state index is 12.4. The van der Waals surface area contributed by atoms with E-state index < -0.39 is 0 Å². The van der Waals surface area contributed by atoms with Crippen molar-refractivity contribution in [3.63, 3.8) is 0 Å². The number of hydrogen-bond acceptors (Lipinski definition) is 4. The summed E-state index contributed by atoms with van der Waals surface area (Å²) in [6, 6.07) is 10.6. The SMILES string of the molecule is CNCC(C)c1ccc(-c2c(Br)nc(C)c3[nH]c(=O)c4sccc4c23)cc1. The van der Waals surface area contributed by atoms with Crippen molar-refractivity contribution >= 4 is 48.3 Å². The third kappa shape index (κ3) is 3.12. The van der Waals surface area contributed by atoms with Gasteiger partial charge in [-0.05, 0) is 58.4 Å².